The Morgan fingerprint density at radius 1 is 1.14 bits per heavy atom. The van der Waals surface area contributed by atoms with E-state index in [0.29, 0.717) is 40.0 Å². The maximum Gasteiger partial charge on any atom is 0.186 e. The van der Waals surface area contributed by atoms with Crippen molar-refractivity contribution in [2.45, 2.75) is 26.7 Å². The fraction of sp³-hybridized carbons (Fsp3) is 0.333. The normalized spacial score (nSPS) is 11.0. The molecule has 0 spiro atoms. The summed E-state index contributed by atoms with van der Waals surface area (Å²) in [6, 6.07) is 9.66. The number of ether oxygens (including phenoxy) is 2. The molecular weight excluding hydrogens is 429 g/mol. The number of thiocarbonyl (C=S) groups is 1. The zero-order valence-corrected chi connectivity index (χ0v) is 19.2. The molecule has 8 heteroatoms. The van der Waals surface area contributed by atoms with Crippen LogP contribution >= 0.6 is 35.4 Å². The van der Waals surface area contributed by atoms with Crippen molar-refractivity contribution in [1.29, 1.82) is 0 Å². The van der Waals surface area contributed by atoms with E-state index in [2.05, 4.69) is 41.8 Å². The van der Waals surface area contributed by atoms with E-state index < -0.39 is 0 Å². The highest BCUT2D eigenvalue weighted by molar-refractivity contribution is 7.80. The third-order valence-corrected chi connectivity index (χ3v) is 4.86. The van der Waals surface area contributed by atoms with Gasteiger partial charge in [0.15, 0.2) is 10.9 Å². The highest BCUT2D eigenvalue weighted by atomic mass is 35.5. The molecule has 2 rings (SSSR count). The Morgan fingerprint density at radius 2 is 1.79 bits per heavy atom. The number of rotatable bonds is 8. The first-order valence-electron chi connectivity index (χ1n) is 9.17. The van der Waals surface area contributed by atoms with Crippen LogP contribution in [0.1, 0.15) is 36.5 Å². The third kappa shape index (κ3) is 7.07. The van der Waals surface area contributed by atoms with Crippen LogP contribution in [0.3, 0.4) is 0 Å². The lowest BCUT2D eigenvalue weighted by Gasteiger charge is -2.16. The molecule has 2 N–H and O–H groups in total. The summed E-state index contributed by atoms with van der Waals surface area (Å²) in [7, 11) is 1.71. The fourth-order valence-corrected chi connectivity index (χ4v) is 3.22. The van der Waals surface area contributed by atoms with Crippen molar-refractivity contribution in [2.75, 3.05) is 20.3 Å². The third-order valence-electron chi connectivity index (χ3n) is 4.01. The summed E-state index contributed by atoms with van der Waals surface area (Å²) in [5, 5.41) is 7.97. The Morgan fingerprint density at radius 3 is 2.41 bits per heavy atom. The van der Waals surface area contributed by atoms with E-state index in [-0.39, 0.29) is 0 Å². The second-order valence-corrected chi connectivity index (χ2v) is 7.88. The van der Waals surface area contributed by atoms with Gasteiger partial charge in [0.25, 0.3) is 0 Å². The molecule has 0 amide bonds. The topological polar surface area (TPSA) is 54.9 Å². The first-order valence-corrected chi connectivity index (χ1v) is 10.3. The number of nitrogens with zero attached hydrogens (tertiary/aromatic N) is 1. The van der Waals surface area contributed by atoms with E-state index >= 15 is 0 Å². The maximum absolute atomic E-state index is 6.32. The molecule has 0 aromatic heterocycles. The Hall–Kier alpha value is -2.02. The van der Waals surface area contributed by atoms with Gasteiger partial charge in [-0.1, -0.05) is 49.2 Å². The number of hydrogen-bond donors (Lipinski definition) is 2. The van der Waals surface area contributed by atoms with Gasteiger partial charge in [-0.15, -0.1) is 0 Å². The van der Waals surface area contributed by atoms with Crippen molar-refractivity contribution in [3.05, 3.63) is 57.1 Å². The zero-order valence-electron chi connectivity index (χ0n) is 16.9. The summed E-state index contributed by atoms with van der Waals surface area (Å²) in [4.78, 5) is 0. The molecule has 0 saturated heterocycles. The standard InChI is InChI=1S/C21H25Cl2N3O2S/c1-13(2)16-6-5-14(3)9-19(16)27-7-8-28-20-17(22)10-15(11-18(20)23)12-25-26-21(29)24-4/h5-6,9-13H,7-8H2,1-4H3,(H2,24,26,29)/b25-12+. The van der Waals surface area contributed by atoms with Crippen LogP contribution in [0.5, 0.6) is 11.5 Å². The first kappa shape index (κ1) is 23.3. The van der Waals surface area contributed by atoms with Gasteiger partial charge in [-0.2, -0.15) is 5.10 Å². The molecule has 0 radical (unpaired) electrons. The van der Waals surface area contributed by atoms with Crippen molar-refractivity contribution in [1.82, 2.24) is 10.7 Å². The lowest BCUT2D eigenvalue weighted by Crippen LogP contribution is -2.28. The number of benzene rings is 2. The van der Waals surface area contributed by atoms with Crippen LogP contribution in [0.15, 0.2) is 35.4 Å². The highest BCUT2D eigenvalue weighted by Gasteiger charge is 2.11. The molecule has 2 aromatic carbocycles. The molecule has 0 aliphatic heterocycles. The highest BCUT2D eigenvalue weighted by Crippen LogP contribution is 2.34. The molecule has 0 saturated carbocycles. The predicted molar refractivity (Wildman–Crippen MR) is 125 cm³/mol. The van der Waals surface area contributed by atoms with Crippen LogP contribution in [0.4, 0.5) is 0 Å². The second kappa shape index (κ2) is 11.2. The quantitative estimate of drug-likeness (QED) is 0.245. The number of nitrogens with one attached hydrogen (secondary N) is 2. The molecule has 0 bridgehead atoms. The Labute approximate surface area is 187 Å². The number of hydrogen-bond acceptors (Lipinski definition) is 4. The smallest absolute Gasteiger partial charge is 0.186 e. The molecule has 29 heavy (non-hydrogen) atoms. The molecule has 0 aliphatic carbocycles. The van der Waals surface area contributed by atoms with Gasteiger partial charge in [-0.3, -0.25) is 5.43 Å². The maximum atomic E-state index is 6.32. The van der Waals surface area contributed by atoms with Gasteiger partial charge in [0.05, 0.1) is 16.3 Å². The van der Waals surface area contributed by atoms with E-state index in [1.165, 1.54) is 5.56 Å². The lowest BCUT2D eigenvalue weighted by molar-refractivity contribution is 0.215. The van der Waals surface area contributed by atoms with E-state index in [9.17, 15) is 0 Å². The van der Waals surface area contributed by atoms with Gasteiger partial charge in [0.1, 0.15) is 19.0 Å². The minimum Gasteiger partial charge on any atom is -0.490 e. The lowest BCUT2D eigenvalue weighted by atomic mass is 10.0. The van der Waals surface area contributed by atoms with Crippen LogP contribution < -0.4 is 20.2 Å². The molecule has 0 aliphatic rings. The summed E-state index contributed by atoms with van der Waals surface area (Å²) >= 11 is 17.6. The van der Waals surface area contributed by atoms with Crippen LogP contribution in [-0.2, 0) is 0 Å². The van der Waals surface area contributed by atoms with E-state index in [1.807, 2.05) is 13.0 Å². The van der Waals surface area contributed by atoms with Crippen molar-refractivity contribution in [3.8, 4) is 11.5 Å². The number of aryl methyl sites for hydroxylation is 1. The van der Waals surface area contributed by atoms with Crippen LogP contribution in [0.2, 0.25) is 10.0 Å². The Balaban J connectivity index is 1.96. The molecule has 0 unspecified atom stereocenters. The largest absolute Gasteiger partial charge is 0.490 e. The molecular formula is C21H25Cl2N3O2S. The molecule has 0 fully saturated rings. The number of halogens is 2. The molecule has 2 aromatic rings. The zero-order chi connectivity index (χ0) is 21.4. The molecule has 5 nitrogen and oxygen atoms in total. The average Bonchev–Trinajstić information content (AvgIpc) is 2.66. The predicted octanol–water partition coefficient (Wildman–Crippen LogP) is 5.31. The van der Waals surface area contributed by atoms with Gasteiger partial charge in [0, 0.05) is 7.05 Å². The first-order chi connectivity index (χ1) is 13.8. The van der Waals surface area contributed by atoms with Crippen LogP contribution in [0.25, 0.3) is 0 Å². The van der Waals surface area contributed by atoms with Crippen molar-refractivity contribution < 1.29 is 9.47 Å². The summed E-state index contributed by atoms with van der Waals surface area (Å²) in [6.45, 7) is 7.01. The monoisotopic (exact) mass is 453 g/mol. The average molecular weight is 454 g/mol. The second-order valence-electron chi connectivity index (χ2n) is 6.66. The minimum atomic E-state index is 0.316. The Kier molecular flexibility index (Phi) is 9.01. The molecule has 0 atom stereocenters. The Bertz CT molecular complexity index is 865. The van der Waals surface area contributed by atoms with Gasteiger partial charge >= 0.3 is 0 Å². The van der Waals surface area contributed by atoms with Gasteiger partial charge in [-0.05, 0) is 59.9 Å². The van der Waals surface area contributed by atoms with Crippen molar-refractivity contribution >= 4 is 46.7 Å². The SMILES string of the molecule is CNC(=S)N/N=C/c1cc(Cl)c(OCCOc2cc(C)ccc2C(C)C)c(Cl)c1. The van der Waals surface area contributed by atoms with Crippen molar-refractivity contribution in [2.24, 2.45) is 5.10 Å². The summed E-state index contributed by atoms with van der Waals surface area (Å²) in [5.74, 6) is 1.67. The van der Waals surface area contributed by atoms with Crippen molar-refractivity contribution in [3.63, 3.8) is 0 Å². The van der Waals surface area contributed by atoms with Crippen LogP contribution in [0, 0.1) is 6.92 Å². The summed E-state index contributed by atoms with van der Waals surface area (Å²) < 4.78 is 11.7. The van der Waals surface area contributed by atoms with Crippen LogP contribution in [-0.4, -0.2) is 31.6 Å². The minimum absolute atomic E-state index is 0.316. The fourth-order valence-electron chi connectivity index (χ4n) is 2.55. The van der Waals surface area contributed by atoms with E-state index in [1.54, 1.807) is 25.4 Å². The van der Waals surface area contributed by atoms with E-state index in [4.69, 9.17) is 44.9 Å². The molecule has 0 heterocycles. The number of hydrazone groups is 1. The van der Waals surface area contributed by atoms with Gasteiger partial charge < -0.3 is 14.8 Å². The summed E-state index contributed by atoms with van der Waals surface area (Å²) in [6.07, 6.45) is 1.57. The summed E-state index contributed by atoms with van der Waals surface area (Å²) in [5.41, 5.74) is 5.70. The van der Waals surface area contributed by atoms with Gasteiger partial charge in [0.2, 0.25) is 0 Å². The van der Waals surface area contributed by atoms with Gasteiger partial charge in [-0.25, -0.2) is 0 Å². The van der Waals surface area contributed by atoms with E-state index in [0.717, 1.165) is 16.9 Å². The molecule has 156 valence electrons.